The fraction of sp³-hybridized carbons (Fsp3) is 0.481. The Hall–Kier alpha value is -3.02. The highest BCUT2D eigenvalue weighted by Crippen LogP contribution is 2.21. The van der Waals surface area contributed by atoms with Crippen LogP contribution < -0.4 is 14.8 Å². The second-order valence-electron chi connectivity index (χ2n) is 8.95. The molecule has 0 unspecified atom stereocenters. The van der Waals surface area contributed by atoms with E-state index in [1.165, 1.54) is 6.42 Å². The van der Waals surface area contributed by atoms with E-state index in [0.717, 1.165) is 42.4 Å². The summed E-state index contributed by atoms with van der Waals surface area (Å²) >= 11 is 0. The molecule has 2 aromatic rings. The van der Waals surface area contributed by atoms with Gasteiger partial charge in [-0.1, -0.05) is 49.1 Å². The lowest BCUT2D eigenvalue weighted by Crippen LogP contribution is -2.51. The molecule has 0 saturated heterocycles. The number of nitrogens with zero attached hydrogens (tertiary/aromatic N) is 1. The van der Waals surface area contributed by atoms with Crippen LogP contribution in [0, 0.1) is 13.8 Å². The van der Waals surface area contributed by atoms with Crippen LogP contribution in [0.4, 0.5) is 0 Å². The number of rotatable bonds is 9. The Kier molecular flexibility index (Phi) is 8.75. The Bertz CT molecular complexity index is 953. The predicted molar refractivity (Wildman–Crippen MR) is 129 cm³/mol. The van der Waals surface area contributed by atoms with Gasteiger partial charge < -0.3 is 19.7 Å². The van der Waals surface area contributed by atoms with Crippen molar-refractivity contribution < 1.29 is 19.1 Å². The molecule has 1 N–H and O–H groups in total. The SMILES string of the molecule is COc1cccc(CN(C(=O)COc2ccc(C)cc2C)[C@@H](C)C(=O)NC2CCCCC2)c1. The zero-order valence-corrected chi connectivity index (χ0v) is 20.2. The van der Waals surface area contributed by atoms with E-state index < -0.39 is 6.04 Å². The fourth-order valence-electron chi connectivity index (χ4n) is 4.30. The Balaban J connectivity index is 1.74. The largest absolute Gasteiger partial charge is 0.497 e. The van der Waals surface area contributed by atoms with Gasteiger partial charge >= 0.3 is 0 Å². The first-order chi connectivity index (χ1) is 15.9. The molecule has 0 spiro atoms. The summed E-state index contributed by atoms with van der Waals surface area (Å²) < 4.78 is 11.2. The van der Waals surface area contributed by atoms with Crippen LogP contribution >= 0.6 is 0 Å². The van der Waals surface area contributed by atoms with E-state index in [9.17, 15) is 9.59 Å². The fourth-order valence-corrected chi connectivity index (χ4v) is 4.30. The molecule has 1 aliphatic rings. The second kappa shape index (κ2) is 11.7. The van der Waals surface area contributed by atoms with Gasteiger partial charge in [0, 0.05) is 12.6 Å². The lowest BCUT2D eigenvalue weighted by molar-refractivity contribution is -0.142. The van der Waals surface area contributed by atoms with E-state index in [0.29, 0.717) is 18.0 Å². The maximum Gasteiger partial charge on any atom is 0.261 e. The van der Waals surface area contributed by atoms with Crippen LogP contribution in [0.3, 0.4) is 0 Å². The molecule has 0 radical (unpaired) electrons. The third kappa shape index (κ3) is 6.98. The molecule has 1 fully saturated rings. The Morgan fingerprint density at radius 3 is 2.55 bits per heavy atom. The van der Waals surface area contributed by atoms with Crippen LogP contribution in [-0.4, -0.2) is 42.5 Å². The van der Waals surface area contributed by atoms with Crippen LogP contribution in [0.2, 0.25) is 0 Å². The molecule has 0 bridgehead atoms. The van der Waals surface area contributed by atoms with E-state index in [1.807, 2.05) is 56.3 Å². The highest BCUT2D eigenvalue weighted by atomic mass is 16.5. The van der Waals surface area contributed by atoms with Crippen LogP contribution in [0.1, 0.15) is 55.7 Å². The summed E-state index contributed by atoms with van der Waals surface area (Å²) in [6, 6.07) is 13.0. The number of ether oxygens (including phenoxy) is 2. The van der Waals surface area contributed by atoms with Gasteiger partial charge in [0.2, 0.25) is 5.91 Å². The van der Waals surface area contributed by atoms with Crippen LogP contribution in [0.15, 0.2) is 42.5 Å². The lowest BCUT2D eigenvalue weighted by atomic mass is 9.95. The first-order valence-electron chi connectivity index (χ1n) is 11.8. The van der Waals surface area contributed by atoms with Crippen LogP contribution in [0.5, 0.6) is 11.5 Å². The third-order valence-corrected chi connectivity index (χ3v) is 6.29. The quantitative estimate of drug-likeness (QED) is 0.606. The molecular formula is C27H36N2O4. The minimum atomic E-state index is -0.617. The Labute approximate surface area is 197 Å². The van der Waals surface area contributed by atoms with E-state index in [1.54, 1.807) is 18.9 Å². The van der Waals surface area contributed by atoms with Crippen molar-refractivity contribution in [3.05, 3.63) is 59.2 Å². The van der Waals surface area contributed by atoms with Crippen LogP contribution in [-0.2, 0) is 16.1 Å². The van der Waals surface area contributed by atoms with Gasteiger partial charge in [-0.05, 0) is 62.9 Å². The summed E-state index contributed by atoms with van der Waals surface area (Å²) in [4.78, 5) is 27.9. The average Bonchev–Trinajstić information content (AvgIpc) is 2.82. The molecule has 0 aromatic heterocycles. The summed E-state index contributed by atoms with van der Waals surface area (Å²) in [6.45, 7) is 5.93. The molecule has 178 valence electrons. The molecule has 6 nitrogen and oxygen atoms in total. The van der Waals surface area contributed by atoms with Crippen molar-refractivity contribution in [1.82, 2.24) is 10.2 Å². The maximum absolute atomic E-state index is 13.3. The number of benzene rings is 2. The normalized spacial score (nSPS) is 14.9. The minimum Gasteiger partial charge on any atom is -0.497 e. The molecule has 0 heterocycles. The zero-order chi connectivity index (χ0) is 23.8. The number of methoxy groups -OCH3 is 1. The molecule has 3 rings (SSSR count). The highest BCUT2D eigenvalue weighted by Gasteiger charge is 2.28. The van der Waals surface area contributed by atoms with Crippen molar-refractivity contribution >= 4 is 11.8 Å². The van der Waals surface area contributed by atoms with Gasteiger partial charge in [-0.15, -0.1) is 0 Å². The average molecular weight is 453 g/mol. The summed E-state index contributed by atoms with van der Waals surface area (Å²) in [6.07, 6.45) is 5.49. The molecule has 1 aliphatic carbocycles. The Morgan fingerprint density at radius 1 is 1.09 bits per heavy atom. The molecule has 33 heavy (non-hydrogen) atoms. The first-order valence-corrected chi connectivity index (χ1v) is 11.8. The number of hydrogen-bond acceptors (Lipinski definition) is 4. The van der Waals surface area contributed by atoms with Crippen LogP contribution in [0.25, 0.3) is 0 Å². The monoisotopic (exact) mass is 452 g/mol. The van der Waals surface area contributed by atoms with Crippen molar-refractivity contribution in [3.8, 4) is 11.5 Å². The number of aryl methyl sites for hydroxylation is 2. The molecule has 2 aromatic carbocycles. The summed E-state index contributed by atoms with van der Waals surface area (Å²) in [7, 11) is 1.61. The zero-order valence-electron chi connectivity index (χ0n) is 20.2. The van der Waals surface area contributed by atoms with Gasteiger partial charge in [0.15, 0.2) is 6.61 Å². The van der Waals surface area contributed by atoms with Gasteiger partial charge in [0.25, 0.3) is 5.91 Å². The number of nitrogens with one attached hydrogen (secondary N) is 1. The van der Waals surface area contributed by atoms with E-state index >= 15 is 0 Å². The molecule has 6 heteroatoms. The smallest absolute Gasteiger partial charge is 0.261 e. The second-order valence-corrected chi connectivity index (χ2v) is 8.95. The van der Waals surface area contributed by atoms with Gasteiger partial charge in [-0.25, -0.2) is 0 Å². The van der Waals surface area contributed by atoms with E-state index in [2.05, 4.69) is 5.32 Å². The maximum atomic E-state index is 13.3. The molecule has 1 saturated carbocycles. The number of carbonyl (C=O) groups excluding carboxylic acids is 2. The number of carbonyl (C=O) groups is 2. The van der Waals surface area contributed by atoms with Gasteiger partial charge in [0.1, 0.15) is 17.5 Å². The van der Waals surface area contributed by atoms with Crippen molar-refractivity contribution in [1.29, 1.82) is 0 Å². The van der Waals surface area contributed by atoms with E-state index in [-0.39, 0.29) is 24.5 Å². The standard InChI is InChI=1S/C27H36N2O4/c1-19-13-14-25(20(2)15-19)33-18-26(30)29(17-22-9-8-12-24(16-22)32-4)21(3)27(31)28-23-10-6-5-7-11-23/h8-9,12-16,21,23H,5-7,10-11,17-18H2,1-4H3,(H,28,31)/t21-/m0/s1. The van der Waals surface area contributed by atoms with Crippen molar-refractivity contribution in [2.75, 3.05) is 13.7 Å². The molecule has 0 aliphatic heterocycles. The Morgan fingerprint density at radius 2 is 1.85 bits per heavy atom. The predicted octanol–water partition coefficient (Wildman–Crippen LogP) is 4.56. The topological polar surface area (TPSA) is 67.9 Å². The van der Waals surface area contributed by atoms with Crippen molar-refractivity contribution in [2.45, 2.75) is 71.5 Å². The summed E-state index contributed by atoms with van der Waals surface area (Å²) in [5.41, 5.74) is 3.01. The first kappa shape index (κ1) is 24.6. The number of amides is 2. The lowest BCUT2D eigenvalue weighted by Gasteiger charge is -2.31. The molecule has 1 atom stereocenters. The third-order valence-electron chi connectivity index (χ3n) is 6.29. The molecule has 2 amide bonds. The minimum absolute atomic E-state index is 0.121. The van der Waals surface area contributed by atoms with Gasteiger partial charge in [-0.3, -0.25) is 9.59 Å². The number of hydrogen-bond donors (Lipinski definition) is 1. The van der Waals surface area contributed by atoms with E-state index in [4.69, 9.17) is 9.47 Å². The summed E-state index contributed by atoms with van der Waals surface area (Å²) in [5.74, 6) is 1.04. The van der Waals surface area contributed by atoms with Crippen molar-refractivity contribution in [2.24, 2.45) is 0 Å². The highest BCUT2D eigenvalue weighted by molar-refractivity contribution is 5.88. The van der Waals surface area contributed by atoms with Crippen molar-refractivity contribution in [3.63, 3.8) is 0 Å². The van der Waals surface area contributed by atoms with Gasteiger partial charge in [-0.2, -0.15) is 0 Å². The summed E-state index contributed by atoms with van der Waals surface area (Å²) in [5, 5.41) is 3.15. The molecular weight excluding hydrogens is 416 g/mol. The van der Waals surface area contributed by atoms with Gasteiger partial charge in [0.05, 0.1) is 7.11 Å².